The topological polar surface area (TPSA) is 95.7 Å². The highest BCUT2D eigenvalue weighted by Crippen LogP contribution is 2.32. The third kappa shape index (κ3) is 3.23. The van der Waals surface area contributed by atoms with Crippen LogP contribution in [0.25, 0.3) is 0 Å². The zero-order valence-electron chi connectivity index (χ0n) is 12.1. The number of carbonyl (C=O) groups is 2. The molecule has 2 amide bonds. The van der Waals surface area contributed by atoms with Gasteiger partial charge in [-0.05, 0) is 44.4 Å². The minimum absolute atomic E-state index is 0.156. The Morgan fingerprint density at radius 2 is 1.75 bits per heavy atom. The van der Waals surface area contributed by atoms with E-state index in [1.54, 1.807) is 4.90 Å². The van der Waals surface area contributed by atoms with Crippen LogP contribution in [-0.2, 0) is 4.79 Å². The number of carboxylic acids is 1. The summed E-state index contributed by atoms with van der Waals surface area (Å²) in [4.78, 5) is 25.6. The summed E-state index contributed by atoms with van der Waals surface area (Å²) in [6, 6.07) is -0.100. The number of nitrogens with zero attached hydrogens (tertiary/aromatic N) is 1. The number of nitrogens with one attached hydrogen (secondary N) is 1. The molecule has 0 radical (unpaired) electrons. The molecule has 114 valence electrons. The highest BCUT2D eigenvalue weighted by atomic mass is 16.4. The van der Waals surface area contributed by atoms with E-state index in [1.165, 1.54) is 0 Å². The maximum absolute atomic E-state index is 12.3. The molecule has 1 saturated heterocycles. The van der Waals surface area contributed by atoms with Crippen LogP contribution in [0.5, 0.6) is 0 Å². The highest BCUT2D eigenvalue weighted by Gasteiger charge is 2.43. The van der Waals surface area contributed by atoms with Gasteiger partial charge in [-0.15, -0.1) is 0 Å². The van der Waals surface area contributed by atoms with Gasteiger partial charge in [-0.1, -0.05) is 6.92 Å². The molecule has 0 atom stereocenters. The Morgan fingerprint density at radius 3 is 2.25 bits per heavy atom. The summed E-state index contributed by atoms with van der Waals surface area (Å²) in [6.45, 7) is 3.35. The van der Waals surface area contributed by atoms with E-state index in [4.69, 9.17) is 5.73 Å². The number of aliphatic carboxylic acids is 1. The molecule has 4 N–H and O–H groups in total. The summed E-state index contributed by atoms with van der Waals surface area (Å²) in [5.41, 5.74) is 4.74. The molecule has 0 aromatic rings. The Hall–Kier alpha value is -1.30. The Morgan fingerprint density at radius 1 is 1.20 bits per heavy atom. The number of urea groups is 1. The van der Waals surface area contributed by atoms with Crippen molar-refractivity contribution in [3.05, 3.63) is 0 Å². The predicted molar refractivity (Wildman–Crippen MR) is 75.3 cm³/mol. The van der Waals surface area contributed by atoms with Crippen LogP contribution in [0.4, 0.5) is 4.79 Å². The summed E-state index contributed by atoms with van der Waals surface area (Å²) >= 11 is 0. The molecule has 2 aliphatic rings. The largest absolute Gasteiger partial charge is 0.480 e. The highest BCUT2D eigenvalue weighted by molar-refractivity contribution is 5.86. The molecule has 6 nitrogen and oxygen atoms in total. The van der Waals surface area contributed by atoms with Gasteiger partial charge in [0.2, 0.25) is 0 Å². The fraction of sp³-hybridized carbons (Fsp3) is 0.857. The summed E-state index contributed by atoms with van der Waals surface area (Å²) in [6.07, 6.45) is 4.29. The summed E-state index contributed by atoms with van der Waals surface area (Å²) < 4.78 is 0. The Kier molecular flexibility index (Phi) is 4.52. The first-order chi connectivity index (χ1) is 9.43. The van der Waals surface area contributed by atoms with Gasteiger partial charge in [0.15, 0.2) is 0 Å². The molecule has 1 aliphatic heterocycles. The van der Waals surface area contributed by atoms with Crippen molar-refractivity contribution in [1.82, 2.24) is 10.2 Å². The van der Waals surface area contributed by atoms with Crippen molar-refractivity contribution in [3.63, 3.8) is 0 Å². The molecular formula is C14H25N3O3. The van der Waals surface area contributed by atoms with Gasteiger partial charge in [0.25, 0.3) is 0 Å². The van der Waals surface area contributed by atoms with E-state index in [2.05, 4.69) is 12.2 Å². The van der Waals surface area contributed by atoms with Crippen molar-refractivity contribution >= 4 is 12.0 Å². The number of hydrogen-bond acceptors (Lipinski definition) is 3. The number of hydrogen-bond donors (Lipinski definition) is 3. The first-order valence-electron chi connectivity index (χ1n) is 7.49. The average molecular weight is 283 g/mol. The first-order valence-corrected chi connectivity index (χ1v) is 7.49. The van der Waals surface area contributed by atoms with E-state index >= 15 is 0 Å². The maximum Gasteiger partial charge on any atom is 0.329 e. The second kappa shape index (κ2) is 5.99. The van der Waals surface area contributed by atoms with E-state index < -0.39 is 11.5 Å². The smallest absolute Gasteiger partial charge is 0.329 e. The van der Waals surface area contributed by atoms with Crippen molar-refractivity contribution in [3.8, 4) is 0 Å². The lowest BCUT2D eigenvalue weighted by molar-refractivity contribution is -0.146. The minimum Gasteiger partial charge on any atom is -0.480 e. The molecule has 0 bridgehead atoms. The lowest BCUT2D eigenvalue weighted by Gasteiger charge is -2.39. The summed E-state index contributed by atoms with van der Waals surface area (Å²) in [5, 5.41) is 12.3. The van der Waals surface area contributed by atoms with Gasteiger partial charge in [-0.2, -0.15) is 0 Å². The second-order valence-electron chi connectivity index (χ2n) is 6.32. The molecule has 0 spiro atoms. The van der Waals surface area contributed by atoms with Crippen LogP contribution in [0.2, 0.25) is 0 Å². The number of amides is 2. The van der Waals surface area contributed by atoms with E-state index in [-0.39, 0.29) is 12.1 Å². The SMILES string of the molecule is CC1CCC(NC(=O)N2CCC(N)CC2)(C(=O)O)CC1. The fourth-order valence-electron chi connectivity index (χ4n) is 3.03. The zero-order chi connectivity index (χ0) is 14.8. The molecule has 0 unspecified atom stereocenters. The van der Waals surface area contributed by atoms with Crippen molar-refractivity contribution in [2.45, 2.75) is 57.0 Å². The maximum atomic E-state index is 12.3. The van der Waals surface area contributed by atoms with Gasteiger partial charge in [0.05, 0.1) is 0 Å². The van der Waals surface area contributed by atoms with Crippen molar-refractivity contribution in [1.29, 1.82) is 0 Å². The van der Waals surface area contributed by atoms with Crippen molar-refractivity contribution in [2.24, 2.45) is 11.7 Å². The van der Waals surface area contributed by atoms with Crippen LogP contribution in [-0.4, -0.2) is 46.7 Å². The first kappa shape index (κ1) is 15.1. The Bertz CT molecular complexity index is 370. The van der Waals surface area contributed by atoms with Crippen LogP contribution in [0.15, 0.2) is 0 Å². The molecular weight excluding hydrogens is 258 g/mol. The summed E-state index contributed by atoms with van der Waals surface area (Å²) in [5.74, 6) is -0.376. The van der Waals surface area contributed by atoms with Crippen LogP contribution in [0, 0.1) is 5.92 Å². The van der Waals surface area contributed by atoms with Gasteiger partial charge < -0.3 is 21.1 Å². The molecule has 1 heterocycles. The molecule has 20 heavy (non-hydrogen) atoms. The number of piperidine rings is 1. The number of nitrogens with two attached hydrogens (primary N) is 1. The van der Waals surface area contributed by atoms with Gasteiger partial charge in [0.1, 0.15) is 5.54 Å². The average Bonchev–Trinajstić information content (AvgIpc) is 2.42. The zero-order valence-corrected chi connectivity index (χ0v) is 12.1. The molecule has 2 fully saturated rings. The number of carboxylic acid groups (broad SMARTS) is 1. The Balaban J connectivity index is 1.98. The van der Waals surface area contributed by atoms with Gasteiger partial charge >= 0.3 is 12.0 Å². The van der Waals surface area contributed by atoms with Gasteiger partial charge in [-0.25, -0.2) is 9.59 Å². The van der Waals surface area contributed by atoms with Gasteiger partial charge in [-0.3, -0.25) is 0 Å². The van der Waals surface area contributed by atoms with Gasteiger partial charge in [0, 0.05) is 19.1 Å². The summed E-state index contributed by atoms with van der Waals surface area (Å²) in [7, 11) is 0. The normalized spacial score (nSPS) is 31.9. The predicted octanol–water partition coefficient (Wildman–Crippen LogP) is 1.15. The second-order valence-corrected chi connectivity index (χ2v) is 6.32. The molecule has 6 heteroatoms. The third-order valence-corrected chi connectivity index (χ3v) is 4.71. The molecule has 0 aromatic heterocycles. The minimum atomic E-state index is -1.08. The van der Waals surface area contributed by atoms with E-state index in [9.17, 15) is 14.7 Å². The molecule has 1 saturated carbocycles. The van der Waals surface area contributed by atoms with Crippen molar-refractivity contribution in [2.75, 3.05) is 13.1 Å². The lowest BCUT2D eigenvalue weighted by Crippen LogP contribution is -2.60. The third-order valence-electron chi connectivity index (χ3n) is 4.71. The van der Waals surface area contributed by atoms with E-state index in [0.717, 1.165) is 25.7 Å². The quantitative estimate of drug-likeness (QED) is 0.708. The van der Waals surface area contributed by atoms with E-state index in [1.807, 2.05) is 0 Å². The fourth-order valence-corrected chi connectivity index (χ4v) is 3.03. The Labute approximate surface area is 119 Å². The standard InChI is InChI=1S/C14H25N3O3/c1-10-2-6-14(7-3-10,12(18)19)16-13(20)17-8-4-11(15)5-9-17/h10-11H,2-9,15H2,1H3,(H,16,20)(H,18,19). The van der Waals surface area contributed by atoms with Crippen LogP contribution >= 0.6 is 0 Å². The van der Waals surface area contributed by atoms with Crippen molar-refractivity contribution < 1.29 is 14.7 Å². The number of carbonyl (C=O) groups excluding carboxylic acids is 1. The lowest BCUT2D eigenvalue weighted by atomic mass is 9.77. The van der Waals surface area contributed by atoms with Crippen LogP contribution in [0.3, 0.4) is 0 Å². The monoisotopic (exact) mass is 283 g/mol. The van der Waals surface area contributed by atoms with E-state index in [0.29, 0.717) is 31.8 Å². The number of likely N-dealkylation sites (tertiary alicyclic amines) is 1. The van der Waals surface area contributed by atoms with Crippen LogP contribution in [0.1, 0.15) is 45.4 Å². The number of rotatable bonds is 2. The molecule has 1 aliphatic carbocycles. The molecule has 2 rings (SSSR count). The van der Waals surface area contributed by atoms with Crippen LogP contribution < -0.4 is 11.1 Å². The molecule has 0 aromatic carbocycles.